The van der Waals surface area contributed by atoms with Crippen molar-refractivity contribution in [3.63, 3.8) is 0 Å². The Morgan fingerprint density at radius 1 is 1.25 bits per heavy atom. The highest BCUT2D eigenvalue weighted by atomic mass is 79.9. The SMILES string of the molecule is OC[C@@H]1CCCC[C@@H]1Nc1cc(NCCc2ccccn2)n2ncc(Br)c2n1. The highest BCUT2D eigenvalue weighted by Gasteiger charge is 2.25. The van der Waals surface area contributed by atoms with Crippen LogP contribution in [0, 0.1) is 5.92 Å². The fourth-order valence-corrected chi connectivity index (χ4v) is 4.15. The van der Waals surface area contributed by atoms with Crippen LogP contribution in [0.5, 0.6) is 0 Å². The maximum absolute atomic E-state index is 9.70. The second kappa shape index (κ2) is 8.87. The quantitative estimate of drug-likeness (QED) is 0.516. The zero-order chi connectivity index (χ0) is 19.3. The first-order chi connectivity index (χ1) is 13.7. The number of hydrogen-bond donors (Lipinski definition) is 3. The summed E-state index contributed by atoms with van der Waals surface area (Å²) in [5.41, 5.74) is 1.81. The van der Waals surface area contributed by atoms with E-state index in [0.717, 1.165) is 53.3 Å². The van der Waals surface area contributed by atoms with E-state index >= 15 is 0 Å². The van der Waals surface area contributed by atoms with Gasteiger partial charge in [0, 0.05) is 49.5 Å². The molecule has 3 N–H and O–H groups in total. The van der Waals surface area contributed by atoms with Gasteiger partial charge >= 0.3 is 0 Å². The van der Waals surface area contributed by atoms with Crippen LogP contribution in [0.4, 0.5) is 11.6 Å². The van der Waals surface area contributed by atoms with Gasteiger partial charge in [0.2, 0.25) is 0 Å². The Morgan fingerprint density at radius 2 is 2.14 bits per heavy atom. The molecule has 3 aromatic rings. The van der Waals surface area contributed by atoms with Gasteiger partial charge in [0.1, 0.15) is 11.6 Å². The molecular weight excluding hydrogens is 420 g/mol. The summed E-state index contributed by atoms with van der Waals surface area (Å²) in [5, 5.41) is 21.1. The van der Waals surface area contributed by atoms with E-state index in [-0.39, 0.29) is 18.6 Å². The van der Waals surface area contributed by atoms with Gasteiger partial charge < -0.3 is 15.7 Å². The number of aliphatic hydroxyl groups is 1. The maximum Gasteiger partial charge on any atom is 0.173 e. The topological polar surface area (TPSA) is 87.4 Å². The lowest BCUT2D eigenvalue weighted by molar-refractivity contribution is 0.178. The van der Waals surface area contributed by atoms with Crippen molar-refractivity contribution in [2.45, 2.75) is 38.1 Å². The number of nitrogens with one attached hydrogen (secondary N) is 2. The van der Waals surface area contributed by atoms with Crippen LogP contribution in [0.2, 0.25) is 0 Å². The van der Waals surface area contributed by atoms with Crippen LogP contribution in [0.3, 0.4) is 0 Å². The highest BCUT2D eigenvalue weighted by molar-refractivity contribution is 9.10. The van der Waals surface area contributed by atoms with Gasteiger partial charge in [-0.05, 0) is 40.9 Å². The van der Waals surface area contributed by atoms with E-state index in [0.29, 0.717) is 0 Å². The van der Waals surface area contributed by atoms with Crippen LogP contribution in [0.25, 0.3) is 5.65 Å². The number of pyridine rings is 1. The molecule has 0 saturated heterocycles. The van der Waals surface area contributed by atoms with Crippen molar-refractivity contribution in [2.24, 2.45) is 5.92 Å². The van der Waals surface area contributed by atoms with Crippen LogP contribution in [0.15, 0.2) is 41.1 Å². The molecule has 1 fully saturated rings. The van der Waals surface area contributed by atoms with E-state index in [2.05, 4.69) is 36.6 Å². The molecule has 0 aliphatic heterocycles. The summed E-state index contributed by atoms with van der Waals surface area (Å²) in [4.78, 5) is 9.10. The molecule has 3 aromatic heterocycles. The minimum Gasteiger partial charge on any atom is -0.396 e. The smallest absolute Gasteiger partial charge is 0.173 e. The molecule has 7 nitrogen and oxygen atoms in total. The lowest BCUT2D eigenvalue weighted by Gasteiger charge is -2.31. The zero-order valence-corrected chi connectivity index (χ0v) is 17.3. The first-order valence-corrected chi connectivity index (χ1v) is 10.6. The average molecular weight is 445 g/mol. The minimum atomic E-state index is 0.214. The Bertz CT molecular complexity index is 916. The molecule has 2 atom stereocenters. The monoisotopic (exact) mass is 444 g/mol. The molecule has 0 radical (unpaired) electrons. The average Bonchev–Trinajstić information content (AvgIpc) is 3.10. The van der Waals surface area contributed by atoms with Gasteiger partial charge in [-0.15, -0.1) is 0 Å². The van der Waals surface area contributed by atoms with Crippen molar-refractivity contribution in [3.8, 4) is 0 Å². The molecule has 0 unspecified atom stereocenters. The summed E-state index contributed by atoms with van der Waals surface area (Å²) in [5.74, 6) is 1.96. The maximum atomic E-state index is 9.70. The lowest BCUT2D eigenvalue weighted by atomic mass is 9.85. The van der Waals surface area contributed by atoms with Gasteiger partial charge in [-0.25, -0.2) is 4.98 Å². The number of rotatable bonds is 7. The predicted molar refractivity (Wildman–Crippen MR) is 114 cm³/mol. The Hall–Kier alpha value is -2.19. The highest BCUT2D eigenvalue weighted by Crippen LogP contribution is 2.28. The van der Waals surface area contributed by atoms with Crippen LogP contribution >= 0.6 is 15.9 Å². The molecule has 1 aliphatic rings. The second-order valence-electron chi connectivity index (χ2n) is 7.23. The van der Waals surface area contributed by atoms with Crippen molar-refractivity contribution < 1.29 is 5.11 Å². The fraction of sp³-hybridized carbons (Fsp3) is 0.450. The molecule has 0 bridgehead atoms. The number of aliphatic hydroxyl groups excluding tert-OH is 1. The zero-order valence-electron chi connectivity index (χ0n) is 15.7. The summed E-state index contributed by atoms with van der Waals surface area (Å²) < 4.78 is 2.66. The van der Waals surface area contributed by atoms with Crippen LogP contribution < -0.4 is 10.6 Å². The summed E-state index contributed by atoms with van der Waals surface area (Å²) in [6, 6.07) is 8.19. The third-order valence-electron chi connectivity index (χ3n) is 5.32. The fourth-order valence-electron chi connectivity index (χ4n) is 3.81. The lowest BCUT2D eigenvalue weighted by Crippen LogP contribution is -2.34. The molecule has 8 heteroatoms. The minimum absolute atomic E-state index is 0.214. The van der Waals surface area contributed by atoms with Gasteiger partial charge in [-0.3, -0.25) is 4.98 Å². The van der Waals surface area contributed by atoms with Crippen molar-refractivity contribution in [1.29, 1.82) is 0 Å². The van der Waals surface area contributed by atoms with Crippen LogP contribution in [0.1, 0.15) is 31.4 Å². The van der Waals surface area contributed by atoms with Crippen LogP contribution in [-0.2, 0) is 6.42 Å². The molecular formula is C20H25BrN6O. The van der Waals surface area contributed by atoms with E-state index in [1.165, 1.54) is 12.8 Å². The summed E-state index contributed by atoms with van der Waals surface area (Å²) in [7, 11) is 0. The first kappa shape index (κ1) is 19.1. The van der Waals surface area contributed by atoms with Crippen molar-refractivity contribution >= 4 is 33.2 Å². The molecule has 0 aromatic carbocycles. The molecule has 1 aliphatic carbocycles. The molecule has 4 rings (SSSR count). The van der Waals surface area contributed by atoms with E-state index in [4.69, 9.17) is 4.98 Å². The molecule has 0 amide bonds. The van der Waals surface area contributed by atoms with E-state index in [9.17, 15) is 5.11 Å². The van der Waals surface area contributed by atoms with Gasteiger partial charge in [0.15, 0.2) is 5.65 Å². The van der Waals surface area contributed by atoms with E-state index in [1.807, 2.05) is 30.5 Å². The Kier molecular flexibility index (Phi) is 6.07. The second-order valence-corrected chi connectivity index (χ2v) is 8.08. The van der Waals surface area contributed by atoms with E-state index in [1.54, 1.807) is 10.7 Å². The number of fused-ring (bicyclic) bond motifs is 1. The number of anilines is 2. The Morgan fingerprint density at radius 3 is 2.96 bits per heavy atom. The molecule has 3 heterocycles. The number of hydrogen-bond acceptors (Lipinski definition) is 6. The summed E-state index contributed by atoms with van der Waals surface area (Å²) >= 11 is 3.54. The number of halogens is 1. The third kappa shape index (κ3) is 4.28. The predicted octanol–water partition coefficient (Wildman–Crippen LogP) is 3.50. The van der Waals surface area contributed by atoms with Gasteiger partial charge in [0.05, 0.1) is 10.7 Å². The third-order valence-corrected chi connectivity index (χ3v) is 5.88. The first-order valence-electron chi connectivity index (χ1n) is 9.80. The largest absolute Gasteiger partial charge is 0.396 e. The molecule has 0 spiro atoms. The van der Waals surface area contributed by atoms with Crippen molar-refractivity contribution in [1.82, 2.24) is 19.6 Å². The van der Waals surface area contributed by atoms with Gasteiger partial charge in [-0.2, -0.15) is 9.61 Å². The van der Waals surface area contributed by atoms with Gasteiger partial charge in [0.25, 0.3) is 0 Å². The number of aromatic nitrogens is 4. The summed E-state index contributed by atoms with van der Waals surface area (Å²) in [6.07, 6.45) is 8.88. The molecule has 1 saturated carbocycles. The summed E-state index contributed by atoms with van der Waals surface area (Å²) in [6.45, 7) is 0.960. The van der Waals surface area contributed by atoms with Gasteiger partial charge in [-0.1, -0.05) is 18.9 Å². The Labute approximate surface area is 172 Å². The van der Waals surface area contributed by atoms with Crippen LogP contribution in [-0.4, -0.2) is 43.9 Å². The number of nitrogens with zero attached hydrogens (tertiary/aromatic N) is 4. The van der Waals surface area contributed by atoms with Crippen molar-refractivity contribution in [2.75, 3.05) is 23.8 Å². The molecule has 28 heavy (non-hydrogen) atoms. The van der Waals surface area contributed by atoms with Crippen molar-refractivity contribution in [3.05, 3.63) is 46.8 Å². The van der Waals surface area contributed by atoms with E-state index < -0.39 is 0 Å². The standard InChI is InChI=1S/C20H25BrN6O/c21-16-12-24-27-19(23-10-8-15-6-3-4-9-22-15)11-18(26-20(16)27)25-17-7-2-1-5-14(17)13-28/h3-4,6,9,11-12,14,17,23,28H,1-2,5,7-8,10,13H2,(H,25,26)/t14-,17-/m0/s1. The Balaban J connectivity index is 1.53. The molecule has 148 valence electrons. The normalized spacial score (nSPS) is 19.6.